The maximum Gasteiger partial charge on any atom is 0.291 e. The van der Waals surface area contributed by atoms with Gasteiger partial charge in [0.15, 0.2) is 0 Å². The van der Waals surface area contributed by atoms with E-state index < -0.39 is 5.95 Å². The zero-order valence-electron chi connectivity index (χ0n) is 16.9. The van der Waals surface area contributed by atoms with Gasteiger partial charge in [-0.15, -0.1) is 0 Å². The van der Waals surface area contributed by atoms with E-state index in [9.17, 15) is 9.18 Å². The number of hydrogen-bond donors (Lipinski definition) is 0. The van der Waals surface area contributed by atoms with E-state index in [1.807, 2.05) is 42.8 Å². The molecule has 0 atom stereocenters. The molecular formula is C23H18FN5O2. The molecule has 31 heavy (non-hydrogen) atoms. The van der Waals surface area contributed by atoms with E-state index in [0.29, 0.717) is 11.3 Å². The number of nitrogens with zero attached hydrogens (tertiary/aromatic N) is 5. The van der Waals surface area contributed by atoms with Crippen LogP contribution in [0.15, 0.2) is 65.6 Å². The van der Waals surface area contributed by atoms with Crippen LogP contribution in [-0.2, 0) is 13.6 Å². The lowest BCUT2D eigenvalue weighted by molar-refractivity contribution is 0.446. The molecule has 0 radical (unpaired) electrons. The van der Waals surface area contributed by atoms with Crippen molar-refractivity contribution in [1.29, 1.82) is 0 Å². The van der Waals surface area contributed by atoms with E-state index in [0.717, 1.165) is 27.7 Å². The minimum absolute atomic E-state index is 0.160. The van der Waals surface area contributed by atoms with Crippen molar-refractivity contribution in [2.75, 3.05) is 0 Å². The van der Waals surface area contributed by atoms with Gasteiger partial charge in [0.05, 0.1) is 24.0 Å². The fourth-order valence-electron chi connectivity index (χ4n) is 3.72. The van der Waals surface area contributed by atoms with Crippen molar-refractivity contribution in [3.05, 3.63) is 88.5 Å². The summed E-state index contributed by atoms with van der Waals surface area (Å²) in [4.78, 5) is 21.4. The fraction of sp³-hybridized carbons (Fsp3) is 0.130. The first-order valence-electron chi connectivity index (χ1n) is 9.71. The molecule has 8 heteroatoms. The molecule has 0 amide bonds. The summed E-state index contributed by atoms with van der Waals surface area (Å²) in [6.45, 7) is 2.20. The van der Waals surface area contributed by atoms with Crippen molar-refractivity contribution in [3.8, 4) is 11.6 Å². The molecule has 0 saturated carbocycles. The Balaban J connectivity index is 1.58. The Morgan fingerprint density at radius 2 is 1.87 bits per heavy atom. The van der Waals surface area contributed by atoms with Crippen LogP contribution in [0.1, 0.15) is 11.4 Å². The highest BCUT2D eigenvalue weighted by atomic mass is 19.1. The molecule has 4 heterocycles. The van der Waals surface area contributed by atoms with Crippen LogP contribution in [0, 0.1) is 12.9 Å². The van der Waals surface area contributed by atoms with Crippen LogP contribution in [0.2, 0.25) is 0 Å². The Morgan fingerprint density at radius 1 is 1.03 bits per heavy atom. The summed E-state index contributed by atoms with van der Waals surface area (Å²) in [7, 11) is 1.82. The third kappa shape index (κ3) is 3.42. The standard InChI is InChI=1S/C23H18FN5O2/c1-14-5-3-6-15(26-14)13-29-23(30)22-18(12-25-29)17-10-9-16(11-19(17)28(22)2)31-21-8-4-7-20(24)27-21/h3-12H,13H2,1-2H3. The van der Waals surface area contributed by atoms with E-state index in [1.54, 1.807) is 24.4 Å². The number of hydrogen-bond acceptors (Lipinski definition) is 5. The molecule has 0 aliphatic carbocycles. The Morgan fingerprint density at radius 3 is 2.68 bits per heavy atom. The van der Waals surface area contributed by atoms with Crippen molar-refractivity contribution in [2.24, 2.45) is 7.05 Å². The Hall–Kier alpha value is -4.07. The van der Waals surface area contributed by atoms with Crippen LogP contribution < -0.4 is 10.3 Å². The molecule has 0 unspecified atom stereocenters. The summed E-state index contributed by atoms with van der Waals surface area (Å²) in [6.07, 6.45) is 1.70. The number of ether oxygens (including phenoxy) is 1. The second-order valence-electron chi connectivity index (χ2n) is 7.28. The van der Waals surface area contributed by atoms with Crippen LogP contribution in [0.4, 0.5) is 4.39 Å². The molecule has 0 N–H and O–H groups in total. The van der Waals surface area contributed by atoms with Gasteiger partial charge < -0.3 is 9.30 Å². The quantitative estimate of drug-likeness (QED) is 0.415. The van der Waals surface area contributed by atoms with Gasteiger partial charge in [-0.2, -0.15) is 14.5 Å². The molecule has 0 fully saturated rings. The Bertz CT molecular complexity index is 1510. The first-order valence-corrected chi connectivity index (χ1v) is 9.71. The maximum atomic E-state index is 13.3. The average molecular weight is 415 g/mol. The average Bonchev–Trinajstić information content (AvgIpc) is 3.02. The van der Waals surface area contributed by atoms with Crippen LogP contribution in [0.25, 0.3) is 21.8 Å². The van der Waals surface area contributed by atoms with Crippen LogP contribution in [0.5, 0.6) is 11.6 Å². The lowest BCUT2D eigenvalue weighted by Gasteiger charge is -2.06. The predicted octanol–water partition coefficient (Wildman–Crippen LogP) is 3.97. The summed E-state index contributed by atoms with van der Waals surface area (Å²) in [5.41, 5.74) is 2.80. The molecule has 7 nitrogen and oxygen atoms in total. The highest BCUT2D eigenvalue weighted by Crippen LogP contribution is 2.30. The van der Waals surface area contributed by atoms with Crippen LogP contribution in [-0.4, -0.2) is 24.3 Å². The molecule has 154 valence electrons. The molecule has 0 saturated heterocycles. The summed E-state index contributed by atoms with van der Waals surface area (Å²) in [5, 5.41) is 6.00. The van der Waals surface area contributed by atoms with Crippen molar-refractivity contribution >= 4 is 21.8 Å². The number of rotatable bonds is 4. The van der Waals surface area contributed by atoms with Gasteiger partial charge in [-0.3, -0.25) is 9.78 Å². The van der Waals surface area contributed by atoms with Gasteiger partial charge in [-0.05, 0) is 37.3 Å². The molecule has 0 aliphatic rings. The first kappa shape index (κ1) is 18.9. The van der Waals surface area contributed by atoms with Gasteiger partial charge in [0.1, 0.15) is 11.3 Å². The second-order valence-corrected chi connectivity index (χ2v) is 7.28. The van der Waals surface area contributed by atoms with E-state index >= 15 is 0 Å². The van der Waals surface area contributed by atoms with Gasteiger partial charge in [0, 0.05) is 35.6 Å². The Labute approximate surface area is 176 Å². The monoisotopic (exact) mass is 415 g/mol. The molecule has 5 aromatic rings. The smallest absolute Gasteiger partial charge is 0.291 e. The number of aromatic nitrogens is 5. The van der Waals surface area contributed by atoms with Gasteiger partial charge in [-0.1, -0.05) is 12.1 Å². The lowest BCUT2D eigenvalue weighted by Crippen LogP contribution is -2.24. The molecule has 1 aromatic carbocycles. The van der Waals surface area contributed by atoms with E-state index in [-0.39, 0.29) is 18.0 Å². The minimum atomic E-state index is -0.613. The third-order valence-electron chi connectivity index (χ3n) is 5.14. The summed E-state index contributed by atoms with van der Waals surface area (Å²) >= 11 is 0. The summed E-state index contributed by atoms with van der Waals surface area (Å²) in [5.74, 6) is 0.0412. The van der Waals surface area contributed by atoms with Crippen molar-refractivity contribution in [3.63, 3.8) is 0 Å². The van der Waals surface area contributed by atoms with Gasteiger partial charge >= 0.3 is 0 Å². The summed E-state index contributed by atoms with van der Waals surface area (Å²) in [6, 6.07) is 15.5. The van der Waals surface area contributed by atoms with Crippen LogP contribution in [0.3, 0.4) is 0 Å². The SMILES string of the molecule is Cc1cccc(Cn2ncc3c4ccc(Oc5cccc(F)n5)cc4n(C)c3c2=O)n1. The molecule has 4 aromatic heterocycles. The highest BCUT2D eigenvalue weighted by molar-refractivity contribution is 6.07. The predicted molar refractivity (Wildman–Crippen MR) is 115 cm³/mol. The molecule has 5 rings (SSSR count). The lowest BCUT2D eigenvalue weighted by atomic mass is 10.2. The van der Waals surface area contributed by atoms with Gasteiger partial charge in [0.25, 0.3) is 5.56 Å². The maximum absolute atomic E-state index is 13.3. The minimum Gasteiger partial charge on any atom is -0.439 e. The second kappa shape index (κ2) is 7.32. The largest absolute Gasteiger partial charge is 0.439 e. The topological polar surface area (TPSA) is 74.8 Å². The zero-order valence-corrected chi connectivity index (χ0v) is 16.9. The number of benzene rings is 1. The van der Waals surface area contributed by atoms with Crippen molar-refractivity contribution < 1.29 is 9.13 Å². The van der Waals surface area contributed by atoms with Gasteiger partial charge in [0.2, 0.25) is 11.8 Å². The van der Waals surface area contributed by atoms with E-state index in [4.69, 9.17) is 4.74 Å². The normalized spacial score (nSPS) is 11.3. The Kier molecular flexibility index (Phi) is 4.47. The number of fused-ring (bicyclic) bond motifs is 3. The summed E-state index contributed by atoms with van der Waals surface area (Å²) < 4.78 is 22.3. The third-order valence-corrected chi connectivity index (χ3v) is 5.14. The number of pyridine rings is 2. The number of aryl methyl sites for hydroxylation is 2. The first-order chi connectivity index (χ1) is 15.0. The van der Waals surface area contributed by atoms with Crippen molar-refractivity contribution in [1.82, 2.24) is 24.3 Å². The van der Waals surface area contributed by atoms with Crippen molar-refractivity contribution in [2.45, 2.75) is 13.5 Å². The number of halogens is 1. The fourth-order valence-corrected chi connectivity index (χ4v) is 3.72. The van der Waals surface area contributed by atoms with E-state index in [1.165, 1.54) is 16.8 Å². The molecule has 0 aliphatic heterocycles. The van der Waals surface area contributed by atoms with Crippen LogP contribution >= 0.6 is 0 Å². The molecular weight excluding hydrogens is 397 g/mol. The van der Waals surface area contributed by atoms with E-state index in [2.05, 4.69) is 15.1 Å². The molecule has 0 spiro atoms. The van der Waals surface area contributed by atoms with Gasteiger partial charge in [-0.25, -0.2) is 4.68 Å². The zero-order chi connectivity index (χ0) is 21.5. The molecule has 0 bridgehead atoms. The highest BCUT2D eigenvalue weighted by Gasteiger charge is 2.15.